The van der Waals surface area contributed by atoms with Crippen molar-refractivity contribution in [3.05, 3.63) is 72.4 Å². The summed E-state index contributed by atoms with van der Waals surface area (Å²) in [6.45, 7) is 0.794. The molecule has 0 saturated carbocycles. The zero-order valence-electron chi connectivity index (χ0n) is 13.5. The summed E-state index contributed by atoms with van der Waals surface area (Å²) in [5, 5.41) is 1.49. The molecule has 0 aliphatic carbocycles. The fraction of sp³-hybridized carbons (Fsp3) is 0.222. The van der Waals surface area contributed by atoms with E-state index < -0.39 is 11.4 Å². The molecule has 2 aromatic carbocycles. The molecular weight excluding hydrogens is 401 g/mol. The summed E-state index contributed by atoms with van der Waals surface area (Å²) in [4.78, 5) is 23.8. The second-order valence-corrected chi connectivity index (χ2v) is 6.80. The normalized spacial score (nSPS) is 11.0. The summed E-state index contributed by atoms with van der Waals surface area (Å²) in [7, 11) is 0. The molecule has 8 heteroatoms. The molecule has 3 rings (SSSR count). The van der Waals surface area contributed by atoms with Crippen molar-refractivity contribution in [1.29, 1.82) is 0 Å². The Bertz CT molecular complexity index is 1060. The van der Waals surface area contributed by atoms with Gasteiger partial charge in [-0.2, -0.15) is 0 Å². The van der Waals surface area contributed by atoms with Gasteiger partial charge in [-0.05, 0) is 43.2 Å². The van der Waals surface area contributed by atoms with E-state index in [2.05, 4.69) is 0 Å². The van der Waals surface area contributed by atoms with Crippen LogP contribution in [-0.4, -0.2) is 11.2 Å². The van der Waals surface area contributed by atoms with Crippen LogP contribution < -0.4 is 16.1 Å². The lowest BCUT2D eigenvalue weighted by Gasteiger charge is -2.10. The van der Waals surface area contributed by atoms with E-state index in [-0.39, 0.29) is 5.39 Å². The van der Waals surface area contributed by atoms with Crippen molar-refractivity contribution in [2.75, 3.05) is 6.61 Å². The first-order valence-electron chi connectivity index (χ1n) is 7.87. The van der Waals surface area contributed by atoms with Gasteiger partial charge in [0.2, 0.25) is 0 Å². The lowest BCUT2D eigenvalue weighted by molar-refractivity contribution is 0.301. The zero-order chi connectivity index (χ0) is 18.7. The van der Waals surface area contributed by atoms with Crippen LogP contribution in [0.4, 0.5) is 0 Å². The summed E-state index contributed by atoms with van der Waals surface area (Å²) in [6.07, 6.45) is 1.31. The highest BCUT2D eigenvalue weighted by molar-refractivity contribution is 6.42. The Morgan fingerprint density at radius 2 is 1.85 bits per heavy atom. The van der Waals surface area contributed by atoms with E-state index in [1.807, 2.05) is 0 Å². The minimum absolute atomic E-state index is 0.277. The number of rotatable bonds is 6. The lowest BCUT2D eigenvalue weighted by atomic mass is 10.2. The van der Waals surface area contributed by atoms with E-state index in [0.717, 1.165) is 0 Å². The van der Waals surface area contributed by atoms with Gasteiger partial charge in [-0.25, -0.2) is 9.59 Å². The van der Waals surface area contributed by atoms with Crippen LogP contribution in [-0.2, 0) is 6.54 Å². The van der Waals surface area contributed by atoms with Gasteiger partial charge < -0.3 is 9.15 Å². The molecule has 0 amide bonds. The van der Waals surface area contributed by atoms with Crippen LogP contribution in [0.1, 0.15) is 12.8 Å². The van der Waals surface area contributed by atoms with Crippen molar-refractivity contribution >= 4 is 45.7 Å². The van der Waals surface area contributed by atoms with Gasteiger partial charge >= 0.3 is 11.4 Å². The second-order valence-electron chi connectivity index (χ2n) is 5.58. The van der Waals surface area contributed by atoms with Crippen molar-refractivity contribution < 1.29 is 9.15 Å². The third-order valence-electron chi connectivity index (χ3n) is 3.82. The molecular formula is C18H14Cl3NO4. The van der Waals surface area contributed by atoms with Gasteiger partial charge in [-0.3, -0.25) is 4.57 Å². The van der Waals surface area contributed by atoms with Crippen LogP contribution in [0.2, 0.25) is 15.1 Å². The van der Waals surface area contributed by atoms with Crippen molar-refractivity contribution in [3.63, 3.8) is 0 Å². The average Bonchev–Trinajstić information content (AvgIpc) is 2.61. The lowest BCUT2D eigenvalue weighted by Crippen LogP contribution is -2.25. The minimum Gasteiger partial charge on any atom is -0.492 e. The van der Waals surface area contributed by atoms with E-state index in [1.54, 1.807) is 30.3 Å². The first kappa shape index (κ1) is 18.8. The molecule has 0 N–H and O–H groups in total. The largest absolute Gasteiger partial charge is 0.492 e. The second kappa shape index (κ2) is 8.16. The standard InChI is InChI=1S/C18H14Cl3NO4/c19-11-6-7-14-12(10-11)17(23)26-18(24)22(14)8-1-2-9-25-15-5-3-4-13(20)16(15)21/h3-7,10H,1-2,8-9H2. The zero-order valence-corrected chi connectivity index (χ0v) is 15.8. The molecule has 0 aliphatic heterocycles. The quantitative estimate of drug-likeness (QED) is 0.545. The minimum atomic E-state index is -0.692. The van der Waals surface area contributed by atoms with Crippen LogP contribution in [0, 0.1) is 0 Å². The number of aromatic nitrogens is 1. The molecule has 0 unspecified atom stereocenters. The first-order valence-corrected chi connectivity index (χ1v) is 9.01. The van der Waals surface area contributed by atoms with Gasteiger partial charge in [0.1, 0.15) is 10.8 Å². The highest BCUT2D eigenvalue weighted by Crippen LogP contribution is 2.31. The predicted octanol–water partition coefficient (Wildman–Crippen LogP) is 4.77. The Hall–Kier alpha value is -1.95. The molecule has 5 nitrogen and oxygen atoms in total. The third kappa shape index (κ3) is 4.06. The summed E-state index contributed by atoms with van der Waals surface area (Å²) in [6, 6.07) is 9.93. The van der Waals surface area contributed by atoms with Crippen LogP contribution in [0.5, 0.6) is 5.75 Å². The van der Waals surface area contributed by atoms with Crippen molar-refractivity contribution in [2.24, 2.45) is 0 Å². The number of halogens is 3. The summed E-state index contributed by atoms with van der Waals surface area (Å²) in [5.74, 6) is -0.175. The maximum absolute atomic E-state index is 12.0. The molecule has 1 aromatic heterocycles. The Balaban J connectivity index is 1.66. The number of aryl methyl sites for hydroxylation is 1. The van der Waals surface area contributed by atoms with Gasteiger partial charge in [-0.15, -0.1) is 0 Å². The number of fused-ring (bicyclic) bond motifs is 1. The van der Waals surface area contributed by atoms with Crippen molar-refractivity contribution in [3.8, 4) is 5.75 Å². The van der Waals surface area contributed by atoms with Crippen LogP contribution >= 0.6 is 34.8 Å². The average molecular weight is 415 g/mol. The van der Waals surface area contributed by atoms with Crippen LogP contribution in [0.15, 0.2) is 50.4 Å². The summed E-state index contributed by atoms with van der Waals surface area (Å²) < 4.78 is 11.8. The van der Waals surface area contributed by atoms with Gasteiger partial charge in [0.25, 0.3) is 0 Å². The van der Waals surface area contributed by atoms with E-state index >= 15 is 0 Å². The Morgan fingerprint density at radius 1 is 1.04 bits per heavy atom. The van der Waals surface area contributed by atoms with E-state index in [1.165, 1.54) is 10.6 Å². The molecule has 0 atom stereocenters. The number of hydrogen-bond acceptors (Lipinski definition) is 4. The fourth-order valence-corrected chi connectivity index (χ4v) is 3.07. The van der Waals surface area contributed by atoms with Crippen LogP contribution in [0.25, 0.3) is 10.9 Å². The molecule has 0 bridgehead atoms. The molecule has 136 valence electrons. The van der Waals surface area contributed by atoms with Gasteiger partial charge in [-0.1, -0.05) is 40.9 Å². The van der Waals surface area contributed by atoms with Gasteiger partial charge in [0.15, 0.2) is 0 Å². The molecule has 0 saturated heterocycles. The van der Waals surface area contributed by atoms with E-state index in [0.29, 0.717) is 52.3 Å². The number of ether oxygens (including phenoxy) is 1. The maximum atomic E-state index is 12.0. The summed E-state index contributed by atoms with van der Waals surface area (Å²) in [5.41, 5.74) is -0.197. The molecule has 26 heavy (non-hydrogen) atoms. The number of benzene rings is 2. The van der Waals surface area contributed by atoms with E-state index in [9.17, 15) is 9.59 Å². The van der Waals surface area contributed by atoms with Crippen molar-refractivity contribution in [2.45, 2.75) is 19.4 Å². The topological polar surface area (TPSA) is 61.4 Å². The highest BCUT2D eigenvalue weighted by atomic mass is 35.5. The predicted molar refractivity (Wildman–Crippen MR) is 103 cm³/mol. The molecule has 1 heterocycles. The molecule has 3 aromatic rings. The maximum Gasteiger partial charge on any atom is 0.422 e. The third-order valence-corrected chi connectivity index (χ3v) is 4.86. The Morgan fingerprint density at radius 3 is 2.65 bits per heavy atom. The number of hydrogen-bond donors (Lipinski definition) is 0. The molecule has 0 spiro atoms. The Kier molecular flexibility index (Phi) is 5.91. The fourth-order valence-electron chi connectivity index (χ4n) is 2.56. The highest BCUT2D eigenvalue weighted by Gasteiger charge is 2.10. The molecule has 0 fully saturated rings. The van der Waals surface area contributed by atoms with E-state index in [4.69, 9.17) is 44.0 Å². The SMILES string of the molecule is O=c1oc(=O)n(CCCCOc2cccc(Cl)c2Cl)c2ccc(Cl)cc12. The van der Waals surface area contributed by atoms with Crippen LogP contribution in [0.3, 0.4) is 0 Å². The van der Waals surface area contributed by atoms with Crippen molar-refractivity contribution in [1.82, 2.24) is 4.57 Å². The molecule has 0 radical (unpaired) electrons. The molecule has 0 aliphatic rings. The monoisotopic (exact) mass is 413 g/mol. The smallest absolute Gasteiger partial charge is 0.422 e. The first-order chi connectivity index (χ1) is 12.5. The number of nitrogens with zero attached hydrogens (tertiary/aromatic N) is 1. The number of unbranched alkanes of at least 4 members (excludes halogenated alkanes) is 1. The van der Waals surface area contributed by atoms with Gasteiger partial charge in [0, 0.05) is 11.6 Å². The Labute approximate surface area is 163 Å². The summed E-state index contributed by atoms with van der Waals surface area (Å²) >= 11 is 17.9. The van der Waals surface area contributed by atoms with Gasteiger partial charge in [0.05, 0.1) is 22.5 Å².